The van der Waals surface area contributed by atoms with E-state index in [1.165, 1.54) is 6.92 Å². The van der Waals surface area contributed by atoms with Crippen LogP contribution in [0.15, 0.2) is 18.2 Å². The molecule has 2 heterocycles. The standard InChI is InChI=1S/C16H16N2O4/c1-3-9-4-5-10-11(8-9)14(21)18(13(10)20)16(2)7-6-12(19)17-15(16)22/h4-5,8H,3,6-7H2,1-2H3,(H,17,19,22)/t16-/m0/s1. The Labute approximate surface area is 127 Å². The van der Waals surface area contributed by atoms with Crippen LogP contribution >= 0.6 is 0 Å². The first-order valence-corrected chi connectivity index (χ1v) is 7.24. The van der Waals surface area contributed by atoms with Gasteiger partial charge in [-0.05, 0) is 37.5 Å². The summed E-state index contributed by atoms with van der Waals surface area (Å²) in [4.78, 5) is 49.7. The molecule has 0 saturated carbocycles. The molecule has 1 fully saturated rings. The third-order valence-electron chi connectivity index (χ3n) is 4.43. The van der Waals surface area contributed by atoms with E-state index in [1.807, 2.05) is 6.92 Å². The minimum absolute atomic E-state index is 0.107. The molecule has 1 aromatic carbocycles. The summed E-state index contributed by atoms with van der Waals surface area (Å²) in [6, 6.07) is 5.13. The van der Waals surface area contributed by atoms with Gasteiger partial charge in [0.2, 0.25) is 5.91 Å². The van der Waals surface area contributed by atoms with Gasteiger partial charge in [-0.15, -0.1) is 0 Å². The summed E-state index contributed by atoms with van der Waals surface area (Å²) in [6.07, 6.45) is 1.00. The molecule has 0 aromatic heterocycles. The van der Waals surface area contributed by atoms with Gasteiger partial charge in [0.05, 0.1) is 11.1 Å². The van der Waals surface area contributed by atoms with Crippen LogP contribution in [0.1, 0.15) is 53.0 Å². The van der Waals surface area contributed by atoms with E-state index < -0.39 is 23.3 Å². The normalized spacial score (nSPS) is 24.5. The average molecular weight is 300 g/mol. The Morgan fingerprint density at radius 2 is 1.82 bits per heavy atom. The lowest BCUT2D eigenvalue weighted by Gasteiger charge is -2.38. The molecular weight excluding hydrogens is 284 g/mol. The van der Waals surface area contributed by atoms with Crippen LogP contribution in [0.4, 0.5) is 0 Å². The Balaban J connectivity index is 2.03. The molecule has 0 unspecified atom stereocenters. The highest BCUT2D eigenvalue weighted by atomic mass is 16.2. The van der Waals surface area contributed by atoms with Crippen molar-refractivity contribution in [3.63, 3.8) is 0 Å². The first kappa shape index (κ1) is 14.4. The number of nitrogens with zero attached hydrogens (tertiary/aromatic N) is 1. The molecule has 6 heteroatoms. The van der Waals surface area contributed by atoms with Crippen molar-refractivity contribution in [2.24, 2.45) is 0 Å². The minimum Gasteiger partial charge on any atom is -0.294 e. The highest BCUT2D eigenvalue weighted by molar-refractivity contribution is 6.24. The van der Waals surface area contributed by atoms with Gasteiger partial charge in [0.25, 0.3) is 17.7 Å². The predicted octanol–water partition coefficient (Wildman–Crippen LogP) is 1.04. The van der Waals surface area contributed by atoms with E-state index in [-0.39, 0.29) is 18.7 Å². The first-order chi connectivity index (χ1) is 10.4. The number of rotatable bonds is 2. The summed E-state index contributed by atoms with van der Waals surface area (Å²) < 4.78 is 0. The summed E-state index contributed by atoms with van der Waals surface area (Å²) in [7, 11) is 0. The Morgan fingerprint density at radius 3 is 2.45 bits per heavy atom. The lowest BCUT2D eigenvalue weighted by atomic mass is 9.89. The fraction of sp³-hybridized carbons (Fsp3) is 0.375. The number of carbonyl (C=O) groups is 4. The zero-order valence-electron chi connectivity index (χ0n) is 12.4. The van der Waals surface area contributed by atoms with Crippen LogP contribution in [-0.2, 0) is 16.0 Å². The molecule has 0 spiro atoms. The van der Waals surface area contributed by atoms with E-state index in [2.05, 4.69) is 5.32 Å². The number of hydrogen-bond donors (Lipinski definition) is 1. The molecule has 2 aliphatic heterocycles. The number of fused-ring (bicyclic) bond motifs is 1. The number of benzene rings is 1. The monoisotopic (exact) mass is 300 g/mol. The predicted molar refractivity (Wildman–Crippen MR) is 77.1 cm³/mol. The van der Waals surface area contributed by atoms with E-state index >= 15 is 0 Å². The number of carbonyl (C=O) groups excluding carboxylic acids is 4. The maximum absolute atomic E-state index is 12.6. The van der Waals surface area contributed by atoms with Gasteiger partial charge in [-0.2, -0.15) is 0 Å². The first-order valence-electron chi connectivity index (χ1n) is 7.24. The molecule has 0 radical (unpaired) electrons. The zero-order chi connectivity index (χ0) is 16.1. The Kier molecular flexibility index (Phi) is 3.12. The molecule has 2 aliphatic rings. The van der Waals surface area contributed by atoms with Gasteiger partial charge in [0.1, 0.15) is 5.54 Å². The third-order valence-corrected chi connectivity index (χ3v) is 4.43. The van der Waals surface area contributed by atoms with Gasteiger partial charge in [-0.25, -0.2) is 0 Å². The molecule has 1 aromatic rings. The number of imide groups is 2. The van der Waals surface area contributed by atoms with Gasteiger partial charge in [0, 0.05) is 6.42 Å². The van der Waals surface area contributed by atoms with Gasteiger partial charge in [-0.1, -0.05) is 13.0 Å². The van der Waals surface area contributed by atoms with Crippen molar-refractivity contribution in [2.75, 3.05) is 0 Å². The van der Waals surface area contributed by atoms with Crippen molar-refractivity contribution in [3.05, 3.63) is 34.9 Å². The number of piperidine rings is 1. The van der Waals surface area contributed by atoms with E-state index in [9.17, 15) is 19.2 Å². The van der Waals surface area contributed by atoms with Crippen LogP contribution in [0.25, 0.3) is 0 Å². The number of nitrogens with one attached hydrogen (secondary N) is 1. The molecule has 1 saturated heterocycles. The fourth-order valence-corrected chi connectivity index (χ4v) is 2.96. The van der Waals surface area contributed by atoms with Crippen LogP contribution in [-0.4, -0.2) is 34.1 Å². The van der Waals surface area contributed by atoms with Crippen LogP contribution in [0, 0.1) is 0 Å². The largest absolute Gasteiger partial charge is 0.294 e. The topological polar surface area (TPSA) is 83.6 Å². The van der Waals surface area contributed by atoms with E-state index in [0.717, 1.165) is 16.9 Å². The molecule has 4 amide bonds. The average Bonchev–Trinajstić information content (AvgIpc) is 2.75. The lowest BCUT2D eigenvalue weighted by Crippen LogP contribution is -2.62. The third kappa shape index (κ3) is 1.87. The van der Waals surface area contributed by atoms with Gasteiger partial charge in [0.15, 0.2) is 0 Å². The van der Waals surface area contributed by atoms with Crippen molar-refractivity contribution in [2.45, 2.75) is 38.6 Å². The minimum atomic E-state index is -1.33. The Morgan fingerprint density at radius 1 is 1.14 bits per heavy atom. The van der Waals surface area contributed by atoms with Crippen molar-refractivity contribution < 1.29 is 19.2 Å². The van der Waals surface area contributed by atoms with Gasteiger partial charge < -0.3 is 0 Å². The molecule has 3 rings (SSSR count). The lowest BCUT2D eigenvalue weighted by molar-refractivity contribution is -0.140. The summed E-state index contributed by atoms with van der Waals surface area (Å²) in [5.74, 6) is -1.93. The van der Waals surface area contributed by atoms with Crippen LogP contribution < -0.4 is 5.32 Å². The maximum atomic E-state index is 12.6. The van der Waals surface area contributed by atoms with Crippen molar-refractivity contribution in [3.8, 4) is 0 Å². The summed E-state index contributed by atoms with van der Waals surface area (Å²) in [5.41, 5.74) is 0.270. The van der Waals surface area contributed by atoms with Crippen molar-refractivity contribution in [1.82, 2.24) is 10.2 Å². The second-order valence-electron chi connectivity index (χ2n) is 5.83. The van der Waals surface area contributed by atoms with Crippen LogP contribution in [0.3, 0.4) is 0 Å². The molecule has 1 atom stereocenters. The highest BCUT2D eigenvalue weighted by Crippen LogP contribution is 2.34. The molecule has 1 N–H and O–H groups in total. The quantitative estimate of drug-likeness (QED) is 0.827. The zero-order valence-corrected chi connectivity index (χ0v) is 12.4. The van der Waals surface area contributed by atoms with Gasteiger partial charge >= 0.3 is 0 Å². The smallest absolute Gasteiger partial charge is 0.262 e. The summed E-state index contributed by atoms with van der Waals surface area (Å²) in [6.45, 7) is 3.49. The molecule has 114 valence electrons. The summed E-state index contributed by atoms with van der Waals surface area (Å²) in [5, 5.41) is 2.21. The van der Waals surface area contributed by atoms with E-state index in [0.29, 0.717) is 11.1 Å². The van der Waals surface area contributed by atoms with Crippen LogP contribution in [0.5, 0.6) is 0 Å². The molecule has 0 bridgehead atoms. The second kappa shape index (κ2) is 4.76. The molecule has 6 nitrogen and oxygen atoms in total. The molecule has 22 heavy (non-hydrogen) atoms. The van der Waals surface area contributed by atoms with Gasteiger partial charge in [-0.3, -0.25) is 29.4 Å². The van der Waals surface area contributed by atoms with Crippen molar-refractivity contribution in [1.29, 1.82) is 0 Å². The number of amides is 4. The molecular formula is C16H16N2O4. The Bertz CT molecular complexity index is 725. The second-order valence-corrected chi connectivity index (χ2v) is 5.83. The highest BCUT2D eigenvalue weighted by Gasteiger charge is 2.52. The summed E-state index contributed by atoms with van der Waals surface area (Å²) >= 11 is 0. The SMILES string of the molecule is CCc1ccc2c(c1)C(=O)N([C@@]1(C)CCC(=O)NC1=O)C2=O. The fourth-order valence-electron chi connectivity index (χ4n) is 2.96. The van der Waals surface area contributed by atoms with E-state index in [4.69, 9.17) is 0 Å². The van der Waals surface area contributed by atoms with Crippen molar-refractivity contribution >= 4 is 23.6 Å². The Hall–Kier alpha value is -2.50. The van der Waals surface area contributed by atoms with Crippen LogP contribution in [0.2, 0.25) is 0 Å². The molecule has 0 aliphatic carbocycles. The maximum Gasteiger partial charge on any atom is 0.262 e. The number of hydrogen-bond acceptors (Lipinski definition) is 4. The number of aryl methyl sites for hydroxylation is 1. The van der Waals surface area contributed by atoms with E-state index in [1.54, 1.807) is 18.2 Å².